The van der Waals surface area contributed by atoms with Gasteiger partial charge in [-0.2, -0.15) is 0 Å². The number of imidazole rings is 1. The number of aromatic nitrogens is 4. The molecule has 1 aliphatic rings. The third-order valence-corrected chi connectivity index (χ3v) is 7.49. The van der Waals surface area contributed by atoms with Crippen LogP contribution in [0.2, 0.25) is 0 Å². The molecule has 0 saturated heterocycles. The number of amides is 1. The van der Waals surface area contributed by atoms with Crippen molar-refractivity contribution in [2.75, 3.05) is 12.3 Å². The van der Waals surface area contributed by atoms with E-state index in [1.54, 1.807) is 6.92 Å². The minimum atomic E-state index is 0.0389. The van der Waals surface area contributed by atoms with E-state index in [0.717, 1.165) is 77.0 Å². The molecule has 5 aromatic rings. The highest BCUT2D eigenvalue weighted by molar-refractivity contribution is 5.86. The van der Waals surface area contributed by atoms with E-state index in [9.17, 15) is 4.79 Å². The van der Waals surface area contributed by atoms with E-state index in [2.05, 4.69) is 58.4 Å². The first-order valence-corrected chi connectivity index (χ1v) is 12.9. The molecule has 1 saturated carbocycles. The Kier molecular flexibility index (Phi) is 6.04. The molecule has 1 aliphatic carbocycles. The molecule has 7 heteroatoms. The average Bonchev–Trinajstić information content (AvgIpc) is 3.37. The molecule has 3 aromatic heterocycles. The van der Waals surface area contributed by atoms with Crippen LogP contribution in [-0.2, 0) is 4.79 Å². The van der Waals surface area contributed by atoms with Gasteiger partial charge in [0.2, 0.25) is 5.91 Å². The van der Waals surface area contributed by atoms with Gasteiger partial charge in [0, 0.05) is 42.1 Å². The molecular weight excluding hydrogens is 460 g/mol. The molecule has 186 valence electrons. The van der Waals surface area contributed by atoms with E-state index in [1.165, 1.54) is 0 Å². The van der Waals surface area contributed by atoms with E-state index in [1.807, 2.05) is 24.4 Å². The van der Waals surface area contributed by atoms with Gasteiger partial charge in [-0.1, -0.05) is 48.5 Å². The zero-order valence-electron chi connectivity index (χ0n) is 20.9. The summed E-state index contributed by atoms with van der Waals surface area (Å²) < 4.78 is 2.12. The van der Waals surface area contributed by atoms with Crippen LogP contribution >= 0.6 is 0 Å². The van der Waals surface area contributed by atoms with E-state index in [4.69, 9.17) is 20.7 Å². The average molecular weight is 491 g/mol. The first-order valence-electron chi connectivity index (χ1n) is 12.9. The Morgan fingerprint density at radius 1 is 0.973 bits per heavy atom. The van der Waals surface area contributed by atoms with Gasteiger partial charge in [-0.05, 0) is 43.7 Å². The SMILES string of the molecule is CC(=O)NC[C@H]1CC[C@H](c2ncc3c(N)nc(-c4ccc5ccc(-c6ccccc6)nc5c4)cn32)CC1. The van der Waals surface area contributed by atoms with Crippen molar-refractivity contribution in [1.82, 2.24) is 24.7 Å². The summed E-state index contributed by atoms with van der Waals surface area (Å²) in [6.07, 6.45) is 8.13. The van der Waals surface area contributed by atoms with Crippen molar-refractivity contribution >= 4 is 28.1 Å². The number of hydrogen-bond donors (Lipinski definition) is 2. The van der Waals surface area contributed by atoms with E-state index in [-0.39, 0.29) is 5.91 Å². The number of nitrogens with two attached hydrogens (primary N) is 1. The van der Waals surface area contributed by atoms with Crippen molar-refractivity contribution in [2.24, 2.45) is 5.92 Å². The van der Waals surface area contributed by atoms with Crippen LogP contribution in [0.25, 0.3) is 38.9 Å². The van der Waals surface area contributed by atoms with Gasteiger partial charge >= 0.3 is 0 Å². The summed E-state index contributed by atoms with van der Waals surface area (Å²) in [5.74, 6) is 2.43. The van der Waals surface area contributed by atoms with Crippen LogP contribution < -0.4 is 11.1 Å². The predicted molar refractivity (Wildman–Crippen MR) is 147 cm³/mol. The smallest absolute Gasteiger partial charge is 0.216 e. The van der Waals surface area contributed by atoms with E-state index in [0.29, 0.717) is 17.7 Å². The summed E-state index contributed by atoms with van der Waals surface area (Å²) in [5.41, 5.74) is 12.0. The second kappa shape index (κ2) is 9.65. The standard InChI is InChI=1S/C30H30N6O/c1-19(37)32-16-20-7-9-23(10-8-20)30-33-17-28-29(31)35-27(18-36(28)30)24-12-11-22-13-14-25(34-26(22)15-24)21-5-3-2-4-6-21/h2-6,11-15,17-18,20,23H,7-10,16H2,1H3,(H2,31,35)(H,32,37)/t20-,23-. The van der Waals surface area contributed by atoms with Crippen molar-refractivity contribution in [3.8, 4) is 22.5 Å². The molecule has 3 heterocycles. The van der Waals surface area contributed by atoms with Gasteiger partial charge in [-0.25, -0.2) is 15.0 Å². The number of rotatable bonds is 5. The molecular formula is C30H30N6O. The van der Waals surface area contributed by atoms with Crippen LogP contribution in [0.15, 0.2) is 73.1 Å². The molecule has 0 radical (unpaired) electrons. The predicted octanol–water partition coefficient (Wildman–Crippen LogP) is 5.60. The molecule has 37 heavy (non-hydrogen) atoms. The number of carbonyl (C=O) groups excluding carboxylic acids is 1. The molecule has 3 N–H and O–H groups in total. The Bertz CT molecular complexity index is 1580. The highest BCUT2D eigenvalue weighted by Crippen LogP contribution is 2.36. The van der Waals surface area contributed by atoms with Gasteiger partial charge in [-0.15, -0.1) is 0 Å². The Morgan fingerprint density at radius 2 is 1.76 bits per heavy atom. The molecule has 7 nitrogen and oxygen atoms in total. The van der Waals surface area contributed by atoms with Crippen molar-refractivity contribution < 1.29 is 4.79 Å². The fourth-order valence-corrected chi connectivity index (χ4v) is 5.44. The van der Waals surface area contributed by atoms with Crippen LogP contribution in [0.5, 0.6) is 0 Å². The molecule has 0 atom stereocenters. The second-order valence-corrected chi connectivity index (χ2v) is 10.0. The van der Waals surface area contributed by atoms with Gasteiger partial charge in [0.15, 0.2) is 0 Å². The first kappa shape index (κ1) is 23.2. The fourth-order valence-electron chi connectivity index (χ4n) is 5.44. The molecule has 0 spiro atoms. The monoisotopic (exact) mass is 490 g/mol. The lowest BCUT2D eigenvalue weighted by Crippen LogP contribution is -2.29. The Hall–Kier alpha value is -4.26. The molecule has 1 amide bonds. The van der Waals surface area contributed by atoms with E-state index >= 15 is 0 Å². The summed E-state index contributed by atoms with van der Waals surface area (Å²) >= 11 is 0. The molecule has 1 fully saturated rings. The van der Waals surface area contributed by atoms with Crippen LogP contribution in [0.4, 0.5) is 5.82 Å². The minimum absolute atomic E-state index is 0.0389. The van der Waals surface area contributed by atoms with Gasteiger partial charge in [0.25, 0.3) is 0 Å². The van der Waals surface area contributed by atoms with Crippen LogP contribution in [0, 0.1) is 5.92 Å². The number of nitrogens with one attached hydrogen (secondary N) is 1. The molecule has 0 aliphatic heterocycles. The largest absolute Gasteiger partial charge is 0.382 e. The number of nitrogen functional groups attached to an aromatic ring is 1. The number of anilines is 1. The summed E-state index contributed by atoms with van der Waals surface area (Å²) in [7, 11) is 0. The number of hydrogen-bond acceptors (Lipinski definition) is 5. The maximum absolute atomic E-state index is 11.3. The molecule has 2 aromatic carbocycles. The van der Waals surface area contributed by atoms with Crippen molar-refractivity contribution in [3.05, 3.63) is 78.9 Å². The molecule has 6 rings (SSSR count). The summed E-state index contributed by atoms with van der Waals surface area (Å²) in [6.45, 7) is 2.33. The lowest BCUT2D eigenvalue weighted by Gasteiger charge is -2.28. The molecule has 0 bridgehead atoms. The van der Waals surface area contributed by atoms with Crippen LogP contribution in [0.3, 0.4) is 0 Å². The van der Waals surface area contributed by atoms with Crippen molar-refractivity contribution in [3.63, 3.8) is 0 Å². The zero-order chi connectivity index (χ0) is 25.4. The highest BCUT2D eigenvalue weighted by atomic mass is 16.1. The lowest BCUT2D eigenvalue weighted by molar-refractivity contribution is -0.119. The Morgan fingerprint density at radius 3 is 2.54 bits per heavy atom. The maximum Gasteiger partial charge on any atom is 0.216 e. The van der Waals surface area contributed by atoms with Gasteiger partial charge < -0.3 is 11.1 Å². The van der Waals surface area contributed by atoms with Crippen molar-refractivity contribution in [2.45, 2.75) is 38.5 Å². The number of carbonyl (C=O) groups is 1. The quantitative estimate of drug-likeness (QED) is 0.334. The summed E-state index contributed by atoms with van der Waals surface area (Å²) in [4.78, 5) is 25.7. The fraction of sp³-hybridized carbons (Fsp3) is 0.267. The number of fused-ring (bicyclic) bond motifs is 2. The van der Waals surface area contributed by atoms with Crippen molar-refractivity contribution in [1.29, 1.82) is 0 Å². The highest BCUT2D eigenvalue weighted by Gasteiger charge is 2.26. The number of nitrogens with zero attached hydrogens (tertiary/aromatic N) is 4. The summed E-state index contributed by atoms with van der Waals surface area (Å²) in [5, 5.41) is 4.04. The topological polar surface area (TPSA) is 98.2 Å². The van der Waals surface area contributed by atoms with Gasteiger partial charge in [0.1, 0.15) is 17.2 Å². The first-order chi connectivity index (χ1) is 18.0. The van der Waals surface area contributed by atoms with Crippen LogP contribution in [-0.4, -0.2) is 31.8 Å². The van der Waals surface area contributed by atoms with Gasteiger partial charge in [0.05, 0.1) is 23.1 Å². The normalized spacial score (nSPS) is 17.8. The van der Waals surface area contributed by atoms with Gasteiger partial charge in [-0.3, -0.25) is 9.20 Å². The minimum Gasteiger partial charge on any atom is -0.382 e. The maximum atomic E-state index is 11.3. The zero-order valence-corrected chi connectivity index (χ0v) is 20.9. The Balaban J connectivity index is 1.31. The van der Waals surface area contributed by atoms with Crippen LogP contribution in [0.1, 0.15) is 44.3 Å². The van der Waals surface area contributed by atoms with E-state index < -0.39 is 0 Å². The Labute approximate surface area is 215 Å². The lowest BCUT2D eigenvalue weighted by atomic mass is 9.81. The number of benzene rings is 2. The third-order valence-electron chi connectivity index (χ3n) is 7.49. The summed E-state index contributed by atoms with van der Waals surface area (Å²) in [6, 6.07) is 20.6. The number of pyridine rings is 1. The second-order valence-electron chi connectivity index (χ2n) is 10.0. The third kappa shape index (κ3) is 4.65. The molecule has 0 unspecified atom stereocenters.